The fourth-order valence-corrected chi connectivity index (χ4v) is 1.77. The van der Waals surface area contributed by atoms with Crippen molar-refractivity contribution in [2.45, 2.75) is 6.54 Å². The molecule has 3 N–H and O–H groups in total. The Balaban J connectivity index is 1.95. The molecule has 4 nitrogen and oxygen atoms in total. The Bertz CT molecular complexity index is 607. The van der Waals surface area contributed by atoms with E-state index < -0.39 is 0 Å². The molecular weight excluding hydrogens is 284 g/mol. The molecule has 0 aliphatic heterocycles. The maximum absolute atomic E-state index is 11.7. The zero-order valence-electron chi connectivity index (χ0n) is 9.85. The zero-order valence-corrected chi connectivity index (χ0v) is 11.4. The summed E-state index contributed by atoms with van der Waals surface area (Å²) in [6.45, 7) is 0.384. The van der Waals surface area contributed by atoms with Crippen LogP contribution in [0, 0.1) is 0 Å². The highest BCUT2D eigenvalue weighted by atomic mass is 35.5. The van der Waals surface area contributed by atoms with E-state index in [0.29, 0.717) is 11.5 Å². The second-order valence-corrected chi connectivity index (χ2v) is 4.66. The monoisotopic (exact) mass is 294 g/mol. The summed E-state index contributed by atoms with van der Waals surface area (Å²) in [5.74, 6) is -0.130. The van der Waals surface area contributed by atoms with Crippen LogP contribution in [0.5, 0.6) is 0 Å². The number of hydrogen-bond donors (Lipinski definition) is 2. The molecule has 1 heterocycles. The second kappa shape index (κ2) is 5.86. The molecule has 0 bridgehead atoms. The van der Waals surface area contributed by atoms with E-state index in [1.54, 1.807) is 0 Å². The lowest BCUT2D eigenvalue weighted by Crippen LogP contribution is -2.22. The van der Waals surface area contributed by atoms with Crippen molar-refractivity contribution >= 4 is 34.7 Å². The van der Waals surface area contributed by atoms with E-state index in [4.69, 9.17) is 34.0 Å². The van der Waals surface area contributed by atoms with Crippen LogP contribution in [-0.4, -0.2) is 10.9 Å². The van der Waals surface area contributed by atoms with Gasteiger partial charge in [-0.3, -0.25) is 4.79 Å². The van der Waals surface area contributed by atoms with E-state index in [9.17, 15) is 4.79 Å². The van der Waals surface area contributed by atoms with Gasteiger partial charge in [-0.15, -0.1) is 0 Å². The molecule has 2 rings (SSSR count). The Kier molecular flexibility index (Phi) is 4.19. The lowest BCUT2D eigenvalue weighted by atomic mass is 10.1. The Morgan fingerprint density at radius 3 is 2.47 bits per heavy atom. The number of carbonyl (C=O) groups excluding carboxylic acids is 1. The highest BCUT2D eigenvalue weighted by Crippen LogP contribution is 2.13. The van der Waals surface area contributed by atoms with Crippen LogP contribution in [0.15, 0.2) is 40.8 Å². The third kappa shape index (κ3) is 3.56. The molecule has 0 saturated carbocycles. The SMILES string of the molecule is NC(=S)c1ccc(CNC(=O)c2ccc(Cl)o2)cc1. The van der Waals surface area contributed by atoms with E-state index in [-0.39, 0.29) is 16.9 Å². The van der Waals surface area contributed by atoms with Gasteiger partial charge in [-0.1, -0.05) is 36.5 Å². The molecule has 98 valence electrons. The van der Waals surface area contributed by atoms with Crippen LogP contribution >= 0.6 is 23.8 Å². The number of rotatable bonds is 4. The van der Waals surface area contributed by atoms with Gasteiger partial charge in [0.25, 0.3) is 5.91 Å². The number of hydrogen-bond acceptors (Lipinski definition) is 3. The van der Waals surface area contributed by atoms with E-state index >= 15 is 0 Å². The summed E-state index contributed by atoms with van der Waals surface area (Å²) >= 11 is 10.5. The number of furan rings is 1. The van der Waals surface area contributed by atoms with Crippen LogP contribution in [0.2, 0.25) is 5.22 Å². The summed E-state index contributed by atoms with van der Waals surface area (Å²) in [4.78, 5) is 12.1. The Hall–Kier alpha value is -1.85. The minimum Gasteiger partial charge on any atom is -0.440 e. The van der Waals surface area contributed by atoms with Gasteiger partial charge in [0.1, 0.15) is 4.99 Å². The van der Waals surface area contributed by atoms with Gasteiger partial charge < -0.3 is 15.5 Å². The van der Waals surface area contributed by atoms with E-state index in [1.807, 2.05) is 24.3 Å². The number of benzene rings is 1. The summed E-state index contributed by atoms with van der Waals surface area (Å²) in [5, 5.41) is 2.91. The van der Waals surface area contributed by atoms with Gasteiger partial charge in [-0.25, -0.2) is 0 Å². The molecule has 0 aliphatic rings. The first-order valence-electron chi connectivity index (χ1n) is 5.48. The van der Waals surface area contributed by atoms with Gasteiger partial charge >= 0.3 is 0 Å². The Morgan fingerprint density at radius 2 is 1.95 bits per heavy atom. The first kappa shape index (κ1) is 13.6. The fraction of sp³-hybridized carbons (Fsp3) is 0.0769. The molecule has 0 atom stereocenters. The number of halogens is 1. The van der Waals surface area contributed by atoms with Gasteiger partial charge in [-0.05, 0) is 29.3 Å². The van der Waals surface area contributed by atoms with Crippen molar-refractivity contribution in [3.05, 3.63) is 58.5 Å². The maximum Gasteiger partial charge on any atom is 0.287 e. The summed E-state index contributed by atoms with van der Waals surface area (Å²) in [6, 6.07) is 10.4. The molecule has 1 aromatic heterocycles. The molecule has 6 heteroatoms. The third-order valence-electron chi connectivity index (χ3n) is 2.49. The summed E-state index contributed by atoms with van der Waals surface area (Å²) < 4.78 is 5.00. The summed E-state index contributed by atoms with van der Waals surface area (Å²) in [5.41, 5.74) is 7.23. The highest BCUT2D eigenvalue weighted by Gasteiger charge is 2.09. The van der Waals surface area contributed by atoms with Gasteiger partial charge in [-0.2, -0.15) is 0 Å². The molecule has 0 aliphatic carbocycles. The molecule has 1 amide bonds. The maximum atomic E-state index is 11.7. The number of carbonyl (C=O) groups is 1. The molecule has 2 aromatic rings. The van der Waals surface area contributed by atoms with Crippen molar-refractivity contribution in [1.29, 1.82) is 0 Å². The Morgan fingerprint density at radius 1 is 1.26 bits per heavy atom. The molecule has 0 unspecified atom stereocenters. The normalized spacial score (nSPS) is 10.2. The van der Waals surface area contributed by atoms with Gasteiger partial charge in [0.05, 0.1) is 0 Å². The number of amides is 1. The number of nitrogens with two attached hydrogens (primary N) is 1. The van der Waals surface area contributed by atoms with Crippen LogP contribution in [0.4, 0.5) is 0 Å². The van der Waals surface area contributed by atoms with Crippen LogP contribution in [0.1, 0.15) is 21.7 Å². The topological polar surface area (TPSA) is 68.3 Å². The standard InChI is InChI=1S/C13H11ClN2O2S/c14-11-6-5-10(18-11)13(17)16-7-8-1-3-9(4-2-8)12(15)19/h1-6H,7H2,(H2,15,19)(H,16,17). The van der Waals surface area contributed by atoms with Crippen molar-refractivity contribution in [2.75, 3.05) is 0 Å². The highest BCUT2D eigenvalue weighted by molar-refractivity contribution is 7.80. The molecular formula is C13H11ClN2O2S. The van der Waals surface area contributed by atoms with Crippen molar-refractivity contribution in [2.24, 2.45) is 5.73 Å². The van der Waals surface area contributed by atoms with E-state index in [1.165, 1.54) is 12.1 Å². The minimum absolute atomic E-state index is 0.185. The predicted molar refractivity (Wildman–Crippen MR) is 77.2 cm³/mol. The van der Waals surface area contributed by atoms with E-state index in [0.717, 1.165) is 11.1 Å². The first-order valence-corrected chi connectivity index (χ1v) is 6.27. The van der Waals surface area contributed by atoms with Gasteiger partial charge in [0.15, 0.2) is 11.0 Å². The minimum atomic E-state index is -0.315. The summed E-state index contributed by atoms with van der Waals surface area (Å²) in [6.07, 6.45) is 0. The van der Waals surface area contributed by atoms with Gasteiger partial charge in [0.2, 0.25) is 0 Å². The Labute approximate surface area is 120 Å². The number of nitrogens with one attached hydrogen (secondary N) is 1. The molecule has 0 spiro atoms. The van der Waals surface area contributed by atoms with E-state index in [2.05, 4.69) is 5.32 Å². The molecule has 0 fully saturated rings. The average Bonchev–Trinajstić information content (AvgIpc) is 2.83. The first-order chi connectivity index (χ1) is 9.06. The van der Waals surface area contributed by atoms with Crippen LogP contribution < -0.4 is 11.1 Å². The average molecular weight is 295 g/mol. The van der Waals surface area contributed by atoms with Crippen molar-refractivity contribution in [3.63, 3.8) is 0 Å². The fourth-order valence-electron chi connectivity index (χ4n) is 1.49. The molecule has 19 heavy (non-hydrogen) atoms. The van der Waals surface area contributed by atoms with Crippen molar-refractivity contribution < 1.29 is 9.21 Å². The predicted octanol–water partition coefficient (Wildman–Crippen LogP) is 2.50. The summed E-state index contributed by atoms with van der Waals surface area (Å²) in [7, 11) is 0. The van der Waals surface area contributed by atoms with Crippen molar-refractivity contribution in [3.8, 4) is 0 Å². The van der Waals surface area contributed by atoms with Crippen LogP contribution in [0.25, 0.3) is 0 Å². The molecule has 0 saturated heterocycles. The zero-order chi connectivity index (χ0) is 13.8. The smallest absolute Gasteiger partial charge is 0.287 e. The quantitative estimate of drug-likeness (QED) is 0.850. The van der Waals surface area contributed by atoms with Crippen LogP contribution in [0.3, 0.4) is 0 Å². The third-order valence-corrected chi connectivity index (χ3v) is 2.93. The molecule has 1 aromatic carbocycles. The number of thiocarbonyl (C=S) groups is 1. The molecule has 0 radical (unpaired) electrons. The van der Waals surface area contributed by atoms with Gasteiger partial charge in [0, 0.05) is 12.1 Å². The second-order valence-electron chi connectivity index (χ2n) is 3.85. The van der Waals surface area contributed by atoms with Crippen LogP contribution in [-0.2, 0) is 6.54 Å². The van der Waals surface area contributed by atoms with Crippen molar-refractivity contribution in [1.82, 2.24) is 5.32 Å². The largest absolute Gasteiger partial charge is 0.440 e. The lowest BCUT2D eigenvalue weighted by molar-refractivity contribution is 0.0923. The lowest BCUT2D eigenvalue weighted by Gasteiger charge is -2.04.